The summed E-state index contributed by atoms with van der Waals surface area (Å²) in [6, 6.07) is 22.6. The van der Waals surface area contributed by atoms with Gasteiger partial charge in [-0.05, 0) is 48.9 Å². The Hall–Kier alpha value is -4.17. The highest BCUT2D eigenvalue weighted by Crippen LogP contribution is 2.35. The van der Waals surface area contributed by atoms with Gasteiger partial charge in [-0.1, -0.05) is 41.7 Å². The van der Waals surface area contributed by atoms with Gasteiger partial charge >= 0.3 is 0 Å². The molecule has 0 aliphatic carbocycles. The van der Waals surface area contributed by atoms with Crippen molar-refractivity contribution in [2.24, 2.45) is 0 Å². The highest BCUT2D eigenvalue weighted by molar-refractivity contribution is 7.22. The number of aromatic nitrogens is 3. The minimum Gasteiger partial charge on any atom is -0.494 e. The lowest BCUT2D eigenvalue weighted by atomic mass is 10.2. The molecule has 1 amide bonds. The number of hydrogen-bond donors (Lipinski definition) is 0. The maximum atomic E-state index is 13.8. The summed E-state index contributed by atoms with van der Waals surface area (Å²) in [7, 11) is 1.63. The fourth-order valence-electron chi connectivity index (χ4n) is 3.78. The van der Waals surface area contributed by atoms with E-state index in [1.165, 1.54) is 11.3 Å². The molecule has 0 aliphatic rings. The van der Waals surface area contributed by atoms with Crippen molar-refractivity contribution in [1.29, 1.82) is 0 Å². The van der Waals surface area contributed by atoms with E-state index in [1.54, 1.807) is 36.7 Å². The van der Waals surface area contributed by atoms with Crippen LogP contribution in [0, 0.1) is 0 Å². The second kappa shape index (κ2) is 10.4. The van der Waals surface area contributed by atoms with Gasteiger partial charge in [0, 0.05) is 31.0 Å². The van der Waals surface area contributed by atoms with Crippen molar-refractivity contribution in [2.75, 3.05) is 18.6 Å². The van der Waals surface area contributed by atoms with Crippen LogP contribution in [0.2, 0.25) is 0 Å². The second-order valence-corrected chi connectivity index (χ2v) is 8.87. The third-order valence-electron chi connectivity index (χ3n) is 5.48. The summed E-state index contributed by atoms with van der Waals surface area (Å²) in [4.78, 5) is 24.4. The molecule has 176 valence electrons. The maximum absolute atomic E-state index is 13.8. The molecule has 2 heterocycles. The molecule has 35 heavy (non-hydrogen) atoms. The van der Waals surface area contributed by atoms with Crippen LogP contribution >= 0.6 is 11.3 Å². The van der Waals surface area contributed by atoms with Gasteiger partial charge in [0.2, 0.25) is 0 Å². The third kappa shape index (κ3) is 5.17. The van der Waals surface area contributed by atoms with Crippen LogP contribution in [0.3, 0.4) is 0 Å². The van der Waals surface area contributed by atoms with Crippen LogP contribution in [0.4, 0.5) is 5.13 Å². The molecule has 0 unspecified atom stereocenters. The maximum Gasteiger partial charge on any atom is 0.260 e. The Labute approximate surface area is 207 Å². The van der Waals surface area contributed by atoms with Gasteiger partial charge in [0.1, 0.15) is 22.8 Å². The number of imidazole rings is 1. The number of amides is 1. The molecule has 0 saturated carbocycles. The molecule has 0 atom stereocenters. The summed E-state index contributed by atoms with van der Waals surface area (Å²) in [5.41, 5.74) is 1.29. The SMILES string of the molecule is COc1cccc2sc(N(CCCn3ccnc3)C(=O)c3cccc(Oc4ccccc4)c3)nc12. The van der Waals surface area contributed by atoms with Crippen LogP contribution in [0.1, 0.15) is 16.8 Å². The first kappa shape index (κ1) is 22.6. The summed E-state index contributed by atoms with van der Waals surface area (Å²) in [6.45, 7) is 1.25. The summed E-state index contributed by atoms with van der Waals surface area (Å²) >= 11 is 1.48. The average Bonchev–Trinajstić information content (AvgIpc) is 3.57. The molecule has 0 spiro atoms. The smallest absolute Gasteiger partial charge is 0.260 e. The van der Waals surface area contributed by atoms with E-state index in [-0.39, 0.29) is 5.91 Å². The van der Waals surface area contributed by atoms with Crippen LogP contribution in [-0.4, -0.2) is 34.1 Å². The van der Waals surface area contributed by atoms with Crippen molar-refractivity contribution in [3.05, 3.63) is 97.1 Å². The topological polar surface area (TPSA) is 69.5 Å². The number of ether oxygens (including phenoxy) is 2. The fourth-order valence-corrected chi connectivity index (χ4v) is 4.79. The molecule has 0 N–H and O–H groups in total. The van der Waals surface area contributed by atoms with Crippen molar-refractivity contribution in [1.82, 2.24) is 14.5 Å². The summed E-state index contributed by atoms with van der Waals surface area (Å²) in [5, 5.41) is 0.634. The van der Waals surface area contributed by atoms with E-state index in [0.717, 1.165) is 23.2 Å². The highest BCUT2D eigenvalue weighted by atomic mass is 32.1. The number of methoxy groups -OCH3 is 1. The zero-order valence-electron chi connectivity index (χ0n) is 19.2. The Kier molecular flexibility index (Phi) is 6.72. The van der Waals surface area contributed by atoms with Gasteiger partial charge in [0.15, 0.2) is 5.13 Å². The molecule has 0 saturated heterocycles. The lowest BCUT2D eigenvalue weighted by Gasteiger charge is -2.20. The number of carbonyl (C=O) groups is 1. The summed E-state index contributed by atoms with van der Waals surface area (Å²) in [6.07, 6.45) is 6.19. The molecule has 2 aromatic heterocycles. The predicted octanol–water partition coefficient (Wildman–Crippen LogP) is 6.03. The zero-order valence-corrected chi connectivity index (χ0v) is 20.0. The molecule has 0 bridgehead atoms. The Bertz CT molecular complexity index is 1420. The largest absolute Gasteiger partial charge is 0.494 e. The van der Waals surface area contributed by atoms with E-state index in [0.29, 0.717) is 34.5 Å². The molecule has 5 aromatic rings. The number of carbonyl (C=O) groups excluding carboxylic acids is 1. The van der Waals surface area contributed by atoms with Gasteiger partial charge in [-0.25, -0.2) is 9.97 Å². The van der Waals surface area contributed by atoms with Gasteiger partial charge in [0.05, 0.1) is 18.1 Å². The molecule has 3 aromatic carbocycles. The van der Waals surface area contributed by atoms with Crippen LogP contribution in [0.25, 0.3) is 10.2 Å². The molecule has 7 nitrogen and oxygen atoms in total. The average molecular weight is 485 g/mol. The van der Waals surface area contributed by atoms with Crippen molar-refractivity contribution in [2.45, 2.75) is 13.0 Å². The minimum absolute atomic E-state index is 0.132. The van der Waals surface area contributed by atoms with Crippen molar-refractivity contribution in [3.63, 3.8) is 0 Å². The molecule has 5 rings (SSSR count). The first-order chi connectivity index (χ1) is 17.2. The van der Waals surface area contributed by atoms with Gasteiger partial charge in [-0.2, -0.15) is 0 Å². The van der Waals surface area contributed by atoms with Crippen LogP contribution < -0.4 is 14.4 Å². The fraction of sp³-hybridized carbons (Fsp3) is 0.148. The van der Waals surface area contributed by atoms with Gasteiger partial charge in [-0.3, -0.25) is 9.69 Å². The number of anilines is 1. The number of benzene rings is 3. The Morgan fingerprint density at radius 2 is 1.86 bits per heavy atom. The Morgan fingerprint density at radius 1 is 1.03 bits per heavy atom. The standard InChI is InChI=1S/C27H24N4O3S/c1-33-23-12-6-13-24-25(23)29-27(35-24)31(16-7-15-30-17-14-28-19-30)26(32)20-8-5-11-22(18-20)34-21-9-3-2-4-10-21/h2-6,8-14,17-19H,7,15-16H2,1H3. The molecule has 0 radical (unpaired) electrons. The van der Waals surface area contributed by atoms with E-state index >= 15 is 0 Å². The van der Waals surface area contributed by atoms with E-state index in [4.69, 9.17) is 14.5 Å². The highest BCUT2D eigenvalue weighted by Gasteiger charge is 2.22. The lowest BCUT2D eigenvalue weighted by molar-refractivity contribution is 0.0986. The zero-order chi connectivity index (χ0) is 24.0. The number of nitrogens with zero attached hydrogens (tertiary/aromatic N) is 4. The number of para-hydroxylation sites is 2. The van der Waals surface area contributed by atoms with Gasteiger partial charge in [0.25, 0.3) is 5.91 Å². The van der Waals surface area contributed by atoms with Crippen LogP contribution in [0.15, 0.2) is 91.5 Å². The van der Waals surface area contributed by atoms with E-state index in [1.807, 2.05) is 71.4 Å². The van der Waals surface area contributed by atoms with Crippen molar-refractivity contribution < 1.29 is 14.3 Å². The van der Waals surface area contributed by atoms with Gasteiger partial charge in [-0.15, -0.1) is 0 Å². The molecule has 0 aliphatic heterocycles. The van der Waals surface area contributed by atoms with Crippen LogP contribution in [0.5, 0.6) is 17.2 Å². The quantitative estimate of drug-likeness (QED) is 0.255. The number of hydrogen-bond acceptors (Lipinski definition) is 6. The number of aryl methyl sites for hydroxylation is 1. The molecular formula is C27H24N4O3S. The summed E-state index contributed by atoms with van der Waals surface area (Å²) in [5.74, 6) is 1.88. The van der Waals surface area contributed by atoms with E-state index < -0.39 is 0 Å². The van der Waals surface area contributed by atoms with Crippen molar-refractivity contribution in [3.8, 4) is 17.2 Å². The normalized spacial score (nSPS) is 10.9. The predicted molar refractivity (Wildman–Crippen MR) is 138 cm³/mol. The summed E-state index contributed by atoms with van der Waals surface area (Å²) < 4.78 is 14.4. The second-order valence-electron chi connectivity index (χ2n) is 7.86. The minimum atomic E-state index is -0.132. The first-order valence-electron chi connectivity index (χ1n) is 11.3. The molecule has 0 fully saturated rings. The van der Waals surface area contributed by atoms with E-state index in [9.17, 15) is 4.79 Å². The Morgan fingerprint density at radius 3 is 2.66 bits per heavy atom. The first-order valence-corrected chi connectivity index (χ1v) is 12.1. The molecule has 8 heteroatoms. The lowest BCUT2D eigenvalue weighted by Crippen LogP contribution is -2.32. The van der Waals surface area contributed by atoms with E-state index in [2.05, 4.69) is 4.98 Å². The van der Waals surface area contributed by atoms with Crippen LogP contribution in [-0.2, 0) is 6.54 Å². The molecular weight excluding hydrogens is 460 g/mol. The van der Waals surface area contributed by atoms with Gasteiger partial charge < -0.3 is 14.0 Å². The number of thiazole rings is 1. The van der Waals surface area contributed by atoms with Crippen molar-refractivity contribution >= 4 is 32.6 Å². The third-order valence-corrected chi connectivity index (χ3v) is 6.53. The number of fused-ring (bicyclic) bond motifs is 1. The number of rotatable bonds is 9. The monoisotopic (exact) mass is 484 g/mol. The Balaban J connectivity index is 1.44.